The molecule has 2 fully saturated rings. The molecule has 1 saturated carbocycles. The number of aromatic nitrogens is 5. The predicted octanol–water partition coefficient (Wildman–Crippen LogP) is 3.56. The van der Waals surface area contributed by atoms with E-state index in [1.54, 1.807) is 10.7 Å². The van der Waals surface area contributed by atoms with Crippen molar-refractivity contribution in [3.05, 3.63) is 47.4 Å². The second-order valence-electron chi connectivity index (χ2n) is 9.80. The topological polar surface area (TPSA) is 132 Å². The SMILES string of the molecule is CC(C)c1c(-c2nnc(O[C@@H]3CCNC3)o2)cn2ncnc(Nc3cc(C(=O)NC4CC4)c(F)cc3F)c12. The lowest BCUT2D eigenvalue weighted by atomic mass is 10.00. The predicted molar refractivity (Wildman–Crippen MR) is 132 cm³/mol. The van der Waals surface area contributed by atoms with Gasteiger partial charge in [0.15, 0.2) is 5.82 Å². The van der Waals surface area contributed by atoms with E-state index in [1.165, 1.54) is 6.33 Å². The molecule has 1 aliphatic heterocycles. The maximum Gasteiger partial charge on any atom is 0.415 e. The molecule has 4 heterocycles. The lowest BCUT2D eigenvalue weighted by Gasteiger charge is -2.13. The van der Waals surface area contributed by atoms with Gasteiger partial charge in [0.05, 0.1) is 16.8 Å². The van der Waals surface area contributed by atoms with Gasteiger partial charge in [0, 0.05) is 24.8 Å². The monoisotopic (exact) mass is 524 g/mol. The summed E-state index contributed by atoms with van der Waals surface area (Å²) in [4.78, 5) is 16.8. The summed E-state index contributed by atoms with van der Waals surface area (Å²) in [6.07, 6.45) is 5.61. The van der Waals surface area contributed by atoms with Crippen molar-refractivity contribution in [1.29, 1.82) is 0 Å². The molecular weight excluding hydrogens is 498 g/mol. The van der Waals surface area contributed by atoms with E-state index >= 15 is 0 Å². The van der Waals surface area contributed by atoms with Crippen molar-refractivity contribution in [2.45, 2.75) is 51.2 Å². The first-order chi connectivity index (χ1) is 18.4. The highest BCUT2D eigenvalue weighted by molar-refractivity contribution is 5.96. The van der Waals surface area contributed by atoms with E-state index in [0.717, 1.165) is 37.4 Å². The van der Waals surface area contributed by atoms with Crippen LogP contribution in [-0.2, 0) is 0 Å². The van der Waals surface area contributed by atoms with Gasteiger partial charge in [-0.15, -0.1) is 5.10 Å². The Morgan fingerprint density at radius 1 is 1.21 bits per heavy atom. The van der Waals surface area contributed by atoms with Crippen LogP contribution in [0.25, 0.3) is 17.0 Å². The quantitative estimate of drug-likeness (QED) is 0.317. The summed E-state index contributed by atoms with van der Waals surface area (Å²) in [6, 6.07) is 1.87. The smallest absolute Gasteiger partial charge is 0.415 e. The maximum absolute atomic E-state index is 14.8. The van der Waals surface area contributed by atoms with Gasteiger partial charge in [-0.1, -0.05) is 18.9 Å². The Labute approximate surface area is 216 Å². The van der Waals surface area contributed by atoms with E-state index in [-0.39, 0.29) is 47.1 Å². The van der Waals surface area contributed by atoms with Gasteiger partial charge < -0.3 is 25.1 Å². The minimum absolute atomic E-state index is 0.0306. The summed E-state index contributed by atoms with van der Waals surface area (Å²) in [5, 5.41) is 21.4. The molecule has 2 aliphatic rings. The third kappa shape index (κ3) is 4.64. The number of carbonyl (C=O) groups is 1. The zero-order chi connectivity index (χ0) is 26.4. The zero-order valence-corrected chi connectivity index (χ0v) is 20.8. The van der Waals surface area contributed by atoms with E-state index in [1.807, 2.05) is 13.8 Å². The summed E-state index contributed by atoms with van der Waals surface area (Å²) in [7, 11) is 0. The van der Waals surface area contributed by atoms with Crippen LogP contribution in [0.2, 0.25) is 0 Å². The Morgan fingerprint density at radius 3 is 2.79 bits per heavy atom. The van der Waals surface area contributed by atoms with Crippen molar-refractivity contribution in [2.75, 3.05) is 18.4 Å². The van der Waals surface area contributed by atoms with Crippen LogP contribution in [0.4, 0.5) is 20.3 Å². The number of amides is 1. The molecule has 0 radical (unpaired) electrons. The van der Waals surface area contributed by atoms with E-state index in [9.17, 15) is 13.6 Å². The van der Waals surface area contributed by atoms with E-state index in [2.05, 4.69) is 36.2 Å². The van der Waals surface area contributed by atoms with Crippen LogP contribution in [0.3, 0.4) is 0 Å². The Morgan fingerprint density at radius 2 is 2.05 bits per heavy atom. The summed E-state index contributed by atoms with van der Waals surface area (Å²) in [6.45, 7) is 5.53. The van der Waals surface area contributed by atoms with Crippen molar-refractivity contribution < 1.29 is 22.7 Å². The highest BCUT2D eigenvalue weighted by Gasteiger charge is 2.28. The number of rotatable bonds is 8. The summed E-state index contributed by atoms with van der Waals surface area (Å²) in [5.74, 6) is -1.92. The molecule has 1 saturated heterocycles. The van der Waals surface area contributed by atoms with Crippen molar-refractivity contribution in [3.8, 4) is 17.5 Å². The molecule has 0 unspecified atom stereocenters. The molecule has 3 N–H and O–H groups in total. The van der Waals surface area contributed by atoms with Gasteiger partial charge in [0.2, 0.25) is 0 Å². The lowest BCUT2D eigenvalue weighted by molar-refractivity contribution is 0.0947. The Bertz CT molecular complexity index is 1510. The highest BCUT2D eigenvalue weighted by atomic mass is 19.1. The number of ether oxygens (including phenoxy) is 1. The van der Waals surface area contributed by atoms with Crippen molar-refractivity contribution in [1.82, 2.24) is 35.4 Å². The summed E-state index contributed by atoms with van der Waals surface area (Å²) < 4.78 is 42.4. The van der Waals surface area contributed by atoms with Gasteiger partial charge in [0.1, 0.15) is 29.6 Å². The Kier molecular flexibility index (Phi) is 6.14. The fourth-order valence-electron chi connectivity index (χ4n) is 4.56. The molecule has 6 rings (SSSR count). The van der Waals surface area contributed by atoms with Crippen molar-refractivity contribution in [3.63, 3.8) is 0 Å². The number of hydrogen-bond donors (Lipinski definition) is 3. The Balaban J connectivity index is 1.36. The maximum atomic E-state index is 14.8. The van der Waals surface area contributed by atoms with Crippen LogP contribution in [0, 0.1) is 11.6 Å². The molecular formula is C25H26F2N8O3. The molecule has 1 aromatic carbocycles. The largest absolute Gasteiger partial charge is 0.444 e. The molecule has 0 spiro atoms. The number of nitrogens with zero attached hydrogens (tertiary/aromatic N) is 5. The number of anilines is 2. The second kappa shape index (κ2) is 9.63. The van der Waals surface area contributed by atoms with E-state index in [0.29, 0.717) is 23.7 Å². The van der Waals surface area contributed by atoms with Gasteiger partial charge in [-0.3, -0.25) is 4.79 Å². The fraction of sp³-hybridized carbons (Fsp3) is 0.400. The van der Waals surface area contributed by atoms with Crippen LogP contribution in [0.5, 0.6) is 6.08 Å². The lowest BCUT2D eigenvalue weighted by Crippen LogP contribution is -2.26. The van der Waals surface area contributed by atoms with Crippen molar-refractivity contribution in [2.24, 2.45) is 0 Å². The molecule has 1 atom stereocenters. The first-order valence-electron chi connectivity index (χ1n) is 12.5. The average molecular weight is 525 g/mol. The molecule has 1 amide bonds. The second-order valence-corrected chi connectivity index (χ2v) is 9.80. The van der Waals surface area contributed by atoms with Crippen molar-refractivity contribution >= 4 is 22.9 Å². The third-order valence-corrected chi connectivity index (χ3v) is 6.58. The van der Waals surface area contributed by atoms with Gasteiger partial charge in [-0.25, -0.2) is 18.3 Å². The number of fused-ring (bicyclic) bond motifs is 1. The van der Waals surface area contributed by atoms with Gasteiger partial charge in [-0.2, -0.15) is 5.10 Å². The van der Waals surface area contributed by atoms with Gasteiger partial charge >= 0.3 is 6.08 Å². The van der Waals surface area contributed by atoms with Gasteiger partial charge in [-0.05, 0) is 43.4 Å². The minimum atomic E-state index is -0.935. The first kappa shape index (κ1) is 24.2. The van der Waals surface area contributed by atoms with Crippen LogP contribution < -0.4 is 20.7 Å². The van der Waals surface area contributed by atoms with Crippen LogP contribution in [0.15, 0.2) is 29.1 Å². The standard InChI is InChI=1S/C25H26F2N8O3/c1-12(2)20-16(24-33-34-25(38-24)37-14-5-6-28-9-14)10-35-21(20)22(29-11-30-35)32-19-7-15(17(26)8-18(19)27)23(36)31-13-3-4-13/h7-8,10-14,28H,3-6,9H2,1-2H3,(H,31,36)(H,29,30,32)/t14-/m1/s1. The van der Waals surface area contributed by atoms with E-state index < -0.39 is 17.5 Å². The number of halogens is 2. The van der Waals surface area contributed by atoms with E-state index in [4.69, 9.17) is 9.15 Å². The molecule has 13 heteroatoms. The molecule has 198 valence electrons. The number of nitrogens with one attached hydrogen (secondary N) is 3. The highest BCUT2D eigenvalue weighted by Crippen LogP contribution is 2.37. The Hall–Kier alpha value is -4.13. The van der Waals surface area contributed by atoms with Gasteiger partial charge in [0.25, 0.3) is 11.8 Å². The summed E-state index contributed by atoms with van der Waals surface area (Å²) >= 11 is 0. The van der Waals surface area contributed by atoms with Crippen LogP contribution >= 0.6 is 0 Å². The molecule has 11 nitrogen and oxygen atoms in total. The molecule has 38 heavy (non-hydrogen) atoms. The molecule has 1 aliphatic carbocycles. The normalized spacial score (nSPS) is 17.3. The minimum Gasteiger partial charge on any atom is -0.444 e. The molecule has 4 aromatic rings. The third-order valence-electron chi connectivity index (χ3n) is 6.58. The first-order valence-corrected chi connectivity index (χ1v) is 12.5. The van der Waals surface area contributed by atoms with Crippen LogP contribution in [0.1, 0.15) is 54.9 Å². The summed E-state index contributed by atoms with van der Waals surface area (Å²) in [5.41, 5.74) is 1.61. The average Bonchev–Trinajstić information content (AvgIpc) is 3.26. The van der Waals surface area contributed by atoms with Crippen LogP contribution in [-0.4, -0.2) is 55.9 Å². The number of carbonyl (C=O) groups excluding carboxylic acids is 1. The number of benzene rings is 1. The number of hydrogen-bond acceptors (Lipinski definition) is 9. The molecule has 3 aromatic heterocycles. The zero-order valence-electron chi connectivity index (χ0n) is 20.8. The fourth-order valence-corrected chi connectivity index (χ4v) is 4.56. The molecule has 0 bridgehead atoms.